The normalized spacial score (nSPS) is 11.4. The van der Waals surface area contributed by atoms with Crippen LogP contribution in [0.3, 0.4) is 0 Å². The quantitative estimate of drug-likeness (QED) is 0.680. The van der Waals surface area contributed by atoms with Crippen LogP contribution >= 0.6 is 11.8 Å². The van der Waals surface area contributed by atoms with Crippen LogP contribution in [0.15, 0.2) is 0 Å². The van der Waals surface area contributed by atoms with Gasteiger partial charge in [0.2, 0.25) is 5.91 Å². The lowest BCUT2D eigenvalue weighted by Gasteiger charge is -2.20. The van der Waals surface area contributed by atoms with E-state index in [1.165, 1.54) is 18.8 Å². The van der Waals surface area contributed by atoms with Gasteiger partial charge >= 0.3 is 0 Å². The van der Waals surface area contributed by atoms with E-state index in [1.807, 2.05) is 0 Å². The van der Waals surface area contributed by atoms with E-state index in [0.29, 0.717) is 0 Å². The molecule has 0 aliphatic heterocycles. The number of hydrogen-bond donors (Lipinski definition) is 0. The highest BCUT2D eigenvalue weighted by molar-refractivity contribution is 7.99. The third-order valence-corrected chi connectivity index (χ3v) is 1.74. The van der Waals surface area contributed by atoms with Gasteiger partial charge in [0.1, 0.15) is 0 Å². The van der Waals surface area contributed by atoms with Crippen LogP contribution in [0.2, 0.25) is 0 Å². The van der Waals surface area contributed by atoms with Gasteiger partial charge in [-0.2, -0.15) is 11.8 Å². The zero-order valence-corrected chi connectivity index (χ0v) is 8.25. The number of halogens is 2. The first-order valence-corrected chi connectivity index (χ1v) is 4.87. The largest absolute Gasteiger partial charge is 0.339 e. The molecule has 0 atom stereocenters. The number of nitrogens with zero attached hydrogens (tertiary/aromatic N) is 1. The molecule has 72 valence electrons. The number of alkyl halides is 2. The third kappa shape index (κ3) is 5.35. The molecule has 0 aliphatic carbocycles. The Morgan fingerprint density at radius 3 is 2.42 bits per heavy atom. The molecule has 0 aromatic heterocycles. The fourth-order valence-corrected chi connectivity index (χ4v) is 1.21. The van der Waals surface area contributed by atoms with Gasteiger partial charge in [0.15, 0.2) is 0 Å². The Labute approximate surface area is 75.3 Å². The van der Waals surface area contributed by atoms with Crippen LogP contribution in [0.4, 0.5) is 8.78 Å². The molecule has 5 heteroatoms. The monoisotopic (exact) mass is 197 g/mol. The zero-order chi connectivity index (χ0) is 9.78. The van der Waals surface area contributed by atoms with Crippen LogP contribution in [0.5, 0.6) is 0 Å². The van der Waals surface area contributed by atoms with E-state index in [2.05, 4.69) is 0 Å². The first-order valence-electron chi connectivity index (χ1n) is 3.47. The van der Waals surface area contributed by atoms with Crippen molar-refractivity contribution in [3.8, 4) is 0 Å². The van der Waals surface area contributed by atoms with E-state index in [4.69, 9.17) is 0 Å². The fraction of sp³-hybridized carbons (Fsp3) is 0.857. The van der Waals surface area contributed by atoms with Crippen molar-refractivity contribution in [3.63, 3.8) is 0 Å². The molecule has 0 spiro atoms. The minimum atomic E-state index is -2.80. The first kappa shape index (κ1) is 11.7. The predicted molar refractivity (Wildman–Crippen MR) is 46.6 cm³/mol. The topological polar surface area (TPSA) is 20.3 Å². The summed E-state index contributed by atoms with van der Waals surface area (Å²) in [6.07, 6.45) is 1.76. The summed E-state index contributed by atoms with van der Waals surface area (Å²) in [6.45, 7) is 0.294. The molecule has 2 nitrogen and oxygen atoms in total. The molecule has 0 fully saturated rings. The van der Waals surface area contributed by atoms with Crippen molar-refractivity contribution in [2.75, 3.05) is 25.6 Å². The Hall–Kier alpha value is -0.320. The van der Waals surface area contributed by atoms with Gasteiger partial charge in [-0.1, -0.05) is 0 Å². The lowest BCUT2D eigenvalue weighted by atomic mass is 10.3. The summed E-state index contributed by atoms with van der Waals surface area (Å²) >= 11 is 1.33. The summed E-state index contributed by atoms with van der Waals surface area (Å²) in [5.41, 5.74) is 0. The predicted octanol–water partition coefficient (Wildman–Crippen LogP) is 1.46. The molecule has 0 heterocycles. The maximum absolute atomic E-state index is 12.4. The summed E-state index contributed by atoms with van der Waals surface area (Å²) in [6, 6.07) is 0. The standard InChI is InChI=1S/C7H13F2NOS/c1-7(8,9)5-10(2)6(11)4-12-3/h4-5H2,1-3H3. The van der Waals surface area contributed by atoms with Gasteiger partial charge in [-0.05, 0) is 6.26 Å². The molecule has 0 unspecified atom stereocenters. The van der Waals surface area contributed by atoms with E-state index in [0.717, 1.165) is 11.8 Å². The van der Waals surface area contributed by atoms with E-state index in [-0.39, 0.29) is 11.7 Å². The molecule has 0 N–H and O–H groups in total. The van der Waals surface area contributed by atoms with Crippen molar-refractivity contribution in [2.45, 2.75) is 12.8 Å². The summed E-state index contributed by atoms with van der Waals surface area (Å²) < 4.78 is 24.7. The smallest absolute Gasteiger partial charge is 0.262 e. The van der Waals surface area contributed by atoms with Crippen LogP contribution in [0.25, 0.3) is 0 Å². The second-order valence-corrected chi connectivity index (χ2v) is 3.62. The molecule has 12 heavy (non-hydrogen) atoms. The Kier molecular flexibility index (Phi) is 4.52. The number of carbonyl (C=O) groups is 1. The Bertz CT molecular complexity index is 158. The summed E-state index contributed by atoms with van der Waals surface area (Å²) in [7, 11) is 1.38. The van der Waals surface area contributed by atoms with Crippen LogP contribution in [0.1, 0.15) is 6.92 Å². The number of hydrogen-bond acceptors (Lipinski definition) is 2. The van der Waals surface area contributed by atoms with Crippen LogP contribution in [-0.4, -0.2) is 42.3 Å². The molecule has 0 saturated carbocycles. The van der Waals surface area contributed by atoms with Gasteiger partial charge in [0.05, 0.1) is 12.3 Å². The van der Waals surface area contributed by atoms with E-state index >= 15 is 0 Å². The van der Waals surface area contributed by atoms with Crippen LogP contribution in [-0.2, 0) is 4.79 Å². The highest BCUT2D eigenvalue weighted by Gasteiger charge is 2.25. The van der Waals surface area contributed by atoms with Crippen molar-refractivity contribution in [1.29, 1.82) is 0 Å². The van der Waals surface area contributed by atoms with Crippen molar-refractivity contribution < 1.29 is 13.6 Å². The summed E-state index contributed by atoms with van der Waals surface area (Å²) in [5.74, 6) is -2.81. The third-order valence-electron chi connectivity index (χ3n) is 1.21. The first-order chi connectivity index (χ1) is 5.37. The van der Waals surface area contributed by atoms with Crippen molar-refractivity contribution in [3.05, 3.63) is 0 Å². The Morgan fingerprint density at radius 1 is 1.58 bits per heavy atom. The van der Waals surface area contributed by atoms with E-state index in [9.17, 15) is 13.6 Å². The van der Waals surface area contributed by atoms with Gasteiger partial charge < -0.3 is 4.90 Å². The Balaban J connectivity index is 3.87. The molecule has 0 aromatic carbocycles. The van der Waals surface area contributed by atoms with Gasteiger partial charge in [-0.3, -0.25) is 4.79 Å². The number of rotatable bonds is 4. The molecular weight excluding hydrogens is 184 g/mol. The average molecular weight is 197 g/mol. The molecule has 0 saturated heterocycles. The fourth-order valence-electron chi connectivity index (χ4n) is 0.738. The van der Waals surface area contributed by atoms with Crippen molar-refractivity contribution >= 4 is 17.7 Å². The molecule has 0 aliphatic rings. The lowest BCUT2D eigenvalue weighted by Crippen LogP contribution is -2.37. The van der Waals surface area contributed by atoms with Gasteiger partial charge in [0, 0.05) is 14.0 Å². The van der Waals surface area contributed by atoms with E-state index < -0.39 is 12.5 Å². The molecule has 0 radical (unpaired) electrons. The molecule has 0 aromatic rings. The lowest BCUT2D eigenvalue weighted by molar-refractivity contribution is -0.131. The van der Waals surface area contributed by atoms with Crippen LogP contribution in [0, 0.1) is 0 Å². The summed E-state index contributed by atoms with van der Waals surface area (Å²) in [5, 5.41) is 0. The maximum Gasteiger partial charge on any atom is 0.262 e. The average Bonchev–Trinajstić information content (AvgIpc) is 1.84. The minimum Gasteiger partial charge on any atom is -0.339 e. The molecule has 1 amide bonds. The molecular formula is C7H13F2NOS. The van der Waals surface area contributed by atoms with Crippen molar-refractivity contribution in [2.24, 2.45) is 0 Å². The summed E-state index contributed by atoms with van der Waals surface area (Å²) in [4.78, 5) is 12.0. The number of carbonyl (C=O) groups excluding carboxylic acids is 1. The van der Waals surface area contributed by atoms with Gasteiger partial charge in [-0.25, -0.2) is 8.78 Å². The highest BCUT2D eigenvalue weighted by Crippen LogP contribution is 2.12. The number of thioether (sulfide) groups is 1. The van der Waals surface area contributed by atoms with Crippen LogP contribution < -0.4 is 0 Å². The molecule has 0 rings (SSSR count). The van der Waals surface area contributed by atoms with Gasteiger partial charge in [0.25, 0.3) is 5.92 Å². The SMILES string of the molecule is CSCC(=O)N(C)CC(C)(F)F. The molecule has 0 bridgehead atoms. The maximum atomic E-state index is 12.4. The second kappa shape index (κ2) is 4.64. The van der Waals surface area contributed by atoms with Crippen molar-refractivity contribution in [1.82, 2.24) is 4.90 Å². The second-order valence-electron chi connectivity index (χ2n) is 2.75. The van der Waals surface area contributed by atoms with Gasteiger partial charge in [-0.15, -0.1) is 0 Å². The van der Waals surface area contributed by atoms with E-state index in [1.54, 1.807) is 6.26 Å². The zero-order valence-electron chi connectivity index (χ0n) is 7.43. The highest BCUT2D eigenvalue weighted by atomic mass is 32.2. The Morgan fingerprint density at radius 2 is 2.08 bits per heavy atom. The minimum absolute atomic E-state index is 0.257. The number of amides is 1.